The van der Waals surface area contributed by atoms with Gasteiger partial charge in [0, 0.05) is 5.69 Å². The maximum absolute atomic E-state index is 13.0. The fourth-order valence-electron chi connectivity index (χ4n) is 1.68. The smallest absolute Gasteiger partial charge is 0.345 e. The molecule has 7 nitrogen and oxygen atoms in total. The lowest BCUT2D eigenvalue weighted by atomic mass is 10.2. The van der Waals surface area contributed by atoms with Crippen LogP contribution in [0.3, 0.4) is 0 Å². The van der Waals surface area contributed by atoms with E-state index in [0.29, 0.717) is 16.5 Å². The summed E-state index contributed by atoms with van der Waals surface area (Å²) in [4.78, 5) is 11.8. The standard InChI is InChI=1S/C12H10FN5O2S/c1-7-4-8(13)2-3-9(7)15-10(19)5-21-12-17-18-6-14-16-11(18)20-12/h2-4,6H,5H2,1H3,(H,15,19). The van der Waals surface area contributed by atoms with Crippen LogP contribution in [-0.2, 0) is 4.79 Å². The molecule has 2 aromatic heterocycles. The molecule has 0 unspecified atom stereocenters. The molecule has 108 valence electrons. The molecule has 0 atom stereocenters. The van der Waals surface area contributed by atoms with Crippen LogP contribution in [0.5, 0.6) is 0 Å². The van der Waals surface area contributed by atoms with E-state index in [0.717, 1.165) is 11.8 Å². The molecule has 0 saturated heterocycles. The monoisotopic (exact) mass is 307 g/mol. The molecular weight excluding hydrogens is 297 g/mol. The van der Waals surface area contributed by atoms with Crippen LogP contribution >= 0.6 is 11.8 Å². The van der Waals surface area contributed by atoms with Crippen molar-refractivity contribution >= 4 is 29.2 Å². The van der Waals surface area contributed by atoms with Gasteiger partial charge in [-0.2, -0.15) is 4.52 Å². The van der Waals surface area contributed by atoms with Gasteiger partial charge >= 0.3 is 5.84 Å². The van der Waals surface area contributed by atoms with Crippen molar-refractivity contribution in [1.82, 2.24) is 19.8 Å². The van der Waals surface area contributed by atoms with Gasteiger partial charge in [0.2, 0.25) is 5.91 Å². The van der Waals surface area contributed by atoms with Crippen molar-refractivity contribution in [3.05, 3.63) is 35.9 Å². The Morgan fingerprint density at radius 1 is 1.52 bits per heavy atom. The Balaban J connectivity index is 1.60. The largest absolute Gasteiger partial charge is 0.396 e. The van der Waals surface area contributed by atoms with Gasteiger partial charge in [0.15, 0.2) is 0 Å². The summed E-state index contributed by atoms with van der Waals surface area (Å²) in [5.74, 6) is -0.180. The lowest BCUT2D eigenvalue weighted by Gasteiger charge is -2.07. The van der Waals surface area contributed by atoms with E-state index in [1.807, 2.05) is 0 Å². The van der Waals surface area contributed by atoms with Gasteiger partial charge < -0.3 is 9.73 Å². The van der Waals surface area contributed by atoms with E-state index >= 15 is 0 Å². The second-order valence-electron chi connectivity index (χ2n) is 4.22. The molecular formula is C12H10FN5O2S. The van der Waals surface area contributed by atoms with Gasteiger partial charge in [0.1, 0.15) is 12.1 Å². The van der Waals surface area contributed by atoms with Crippen LogP contribution in [-0.4, -0.2) is 31.5 Å². The first-order chi connectivity index (χ1) is 10.1. The van der Waals surface area contributed by atoms with Crippen LogP contribution in [0, 0.1) is 12.7 Å². The Morgan fingerprint density at radius 2 is 2.38 bits per heavy atom. The summed E-state index contributed by atoms with van der Waals surface area (Å²) in [6.45, 7) is 1.72. The molecule has 21 heavy (non-hydrogen) atoms. The molecule has 2 heterocycles. The second-order valence-corrected chi connectivity index (χ2v) is 5.15. The number of amides is 1. The molecule has 0 aliphatic heterocycles. The molecule has 0 fully saturated rings. The number of hydrogen-bond acceptors (Lipinski definition) is 6. The number of benzene rings is 1. The highest BCUT2D eigenvalue weighted by Crippen LogP contribution is 2.19. The van der Waals surface area contributed by atoms with Gasteiger partial charge in [-0.25, -0.2) is 4.39 Å². The van der Waals surface area contributed by atoms with Gasteiger partial charge in [0.05, 0.1) is 5.75 Å². The Hall–Kier alpha value is -2.42. The maximum atomic E-state index is 13.0. The van der Waals surface area contributed by atoms with Gasteiger partial charge in [-0.15, -0.1) is 10.2 Å². The summed E-state index contributed by atoms with van der Waals surface area (Å²) < 4.78 is 19.6. The number of carbonyl (C=O) groups is 1. The van der Waals surface area contributed by atoms with Crippen molar-refractivity contribution in [2.75, 3.05) is 11.1 Å². The minimum Gasteiger partial charge on any atom is -0.396 e. The first kappa shape index (κ1) is 13.6. The number of thioether (sulfide) groups is 1. The molecule has 0 aliphatic carbocycles. The van der Waals surface area contributed by atoms with E-state index in [9.17, 15) is 9.18 Å². The molecule has 3 aromatic rings. The van der Waals surface area contributed by atoms with Crippen molar-refractivity contribution in [2.24, 2.45) is 0 Å². The van der Waals surface area contributed by atoms with E-state index in [2.05, 4.69) is 20.6 Å². The molecule has 0 bridgehead atoms. The Bertz CT molecular complexity index is 771. The van der Waals surface area contributed by atoms with Crippen LogP contribution in [0.2, 0.25) is 0 Å². The molecule has 1 N–H and O–H groups in total. The fraction of sp³-hybridized carbons (Fsp3) is 0.167. The van der Waals surface area contributed by atoms with Crippen LogP contribution < -0.4 is 5.32 Å². The summed E-state index contributed by atoms with van der Waals surface area (Å²) in [5.41, 5.74) is 1.24. The number of nitrogens with one attached hydrogen (secondary N) is 1. The zero-order valence-electron chi connectivity index (χ0n) is 10.9. The minimum atomic E-state index is -0.336. The first-order valence-corrected chi connectivity index (χ1v) is 6.96. The van der Waals surface area contributed by atoms with Gasteiger partial charge in [-0.1, -0.05) is 16.9 Å². The molecule has 0 radical (unpaired) electrons. The van der Waals surface area contributed by atoms with Crippen LogP contribution in [0.15, 0.2) is 34.2 Å². The van der Waals surface area contributed by atoms with Gasteiger partial charge in [-0.3, -0.25) is 4.79 Å². The Morgan fingerprint density at radius 3 is 3.14 bits per heavy atom. The third-order valence-corrected chi connectivity index (χ3v) is 3.48. The highest BCUT2D eigenvalue weighted by molar-refractivity contribution is 7.99. The first-order valence-electron chi connectivity index (χ1n) is 5.97. The summed E-state index contributed by atoms with van der Waals surface area (Å²) in [7, 11) is 0. The zero-order valence-corrected chi connectivity index (χ0v) is 11.7. The number of aromatic nitrogens is 4. The highest BCUT2D eigenvalue weighted by atomic mass is 32.2. The number of halogens is 1. The van der Waals surface area contributed by atoms with E-state index in [1.165, 1.54) is 29.0 Å². The number of anilines is 1. The average molecular weight is 307 g/mol. The van der Waals surface area contributed by atoms with Crippen LogP contribution in [0.4, 0.5) is 10.1 Å². The normalized spacial score (nSPS) is 11.0. The van der Waals surface area contributed by atoms with E-state index < -0.39 is 0 Å². The van der Waals surface area contributed by atoms with Crippen molar-refractivity contribution in [3.8, 4) is 0 Å². The predicted molar refractivity (Wildman–Crippen MR) is 73.5 cm³/mol. The number of carbonyl (C=O) groups excluding carboxylic acids is 1. The molecule has 3 rings (SSSR count). The number of hydrogen-bond donors (Lipinski definition) is 1. The van der Waals surface area contributed by atoms with Crippen molar-refractivity contribution in [2.45, 2.75) is 12.1 Å². The van der Waals surface area contributed by atoms with E-state index in [1.54, 1.807) is 6.92 Å². The number of aryl methyl sites for hydroxylation is 1. The van der Waals surface area contributed by atoms with Gasteiger partial charge in [0.25, 0.3) is 5.22 Å². The molecule has 0 saturated carbocycles. The van der Waals surface area contributed by atoms with Crippen molar-refractivity contribution < 1.29 is 13.6 Å². The lowest BCUT2D eigenvalue weighted by Crippen LogP contribution is -2.14. The molecule has 0 spiro atoms. The van der Waals surface area contributed by atoms with Crippen molar-refractivity contribution in [3.63, 3.8) is 0 Å². The topological polar surface area (TPSA) is 85.3 Å². The van der Waals surface area contributed by atoms with Crippen molar-refractivity contribution in [1.29, 1.82) is 0 Å². The van der Waals surface area contributed by atoms with Gasteiger partial charge in [-0.05, 0) is 30.7 Å². The maximum Gasteiger partial charge on any atom is 0.345 e. The minimum absolute atomic E-state index is 0.119. The molecule has 9 heteroatoms. The van der Waals surface area contributed by atoms with Crippen LogP contribution in [0.25, 0.3) is 5.84 Å². The third kappa shape index (κ3) is 3.02. The summed E-state index contributed by atoms with van der Waals surface area (Å²) in [6.07, 6.45) is 1.41. The summed E-state index contributed by atoms with van der Waals surface area (Å²) in [5, 5.41) is 14.4. The Labute approximate surface area is 122 Å². The highest BCUT2D eigenvalue weighted by Gasteiger charge is 2.11. The number of fused-ring (bicyclic) bond motifs is 1. The molecule has 1 aromatic carbocycles. The second kappa shape index (κ2) is 5.52. The van der Waals surface area contributed by atoms with E-state index in [-0.39, 0.29) is 23.3 Å². The zero-order chi connectivity index (χ0) is 14.8. The third-order valence-electron chi connectivity index (χ3n) is 2.66. The fourth-order valence-corrected chi connectivity index (χ4v) is 2.29. The summed E-state index contributed by atoms with van der Waals surface area (Å²) in [6, 6.07) is 4.18. The SMILES string of the molecule is Cc1cc(F)ccc1NC(=O)CSc1nn2cnnc2o1. The molecule has 1 amide bonds. The number of nitrogens with zero attached hydrogens (tertiary/aromatic N) is 4. The number of rotatable bonds is 4. The van der Waals surface area contributed by atoms with E-state index in [4.69, 9.17) is 4.42 Å². The predicted octanol–water partition coefficient (Wildman–Crippen LogP) is 1.90. The Kier molecular flexibility index (Phi) is 3.57. The van der Waals surface area contributed by atoms with Crippen LogP contribution in [0.1, 0.15) is 5.56 Å². The average Bonchev–Trinajstić information content (AvgIpc) is 3.00. The lowest BCUT2D eigenvalue weighted by molar-refractivity contribution is -0.113. The summed E-state index contributed by atoms with van der Waals surface area (Å²) >= 11 is 1.13. The molecule has 0 aliphatic rings. The quantitative estimate of drug-likeness (QED) is 0.741.